The maximum atomic E-state index is 13.4. The molecule has 1 saturated heterocycles. The van der Waals surface area contributed by atoms with E-state index in [4.69, 9.17) is 0 Å². The molecule has 1 fully saturated rings. The molecule has 3 aromatic carbocycles. The molecule has 10 heteroatoms. The largest absolute Gasteiger partial charge is 0.418 e. The summed E-state index contributed by atoms with van der Waals surface area (Å²) in [6.45, 7) is 0. The van der Waals surface area contributed by atoms with E-state index in [-0.39, 0.29) is 6.42 Å². The Balaban J connectivity index is 1.42. The minimum atomic E-state index is -4.70. The molecule has 2 N–H and O–H groups in total. The second kappa shape index (κ2) is 9.60. The van der Waals surface area contributed by atoms with Gasteiger partial charge in [0.15, 0.2) is 0 Å². The van der Waals surface area contributed by atoms with Crippen LogP contribution in [0.4, 0.5) is 35.0 Å². The number of hydrogen-bond acceptors (Lipinski definition) is 4. The number of carbonyl (C=O) groups excluding carboxylic acids is 3. The van der Waals surface area contributed by atoms with Crippen molar-refractivity contribution in [1.29, 1.82) is 0 Å². The standard InChI is InChI=1S/C24H18F3N3O3S/c25-24(26,27)18-8-4-5-9-19(18)30-21(31)14-20(22(30)32)34-17-12-10-16(11-13-17)29-23(33)28-15-6-2-1-3-7-15/h1-13,20H,14H2,(H2,28,29,33)/t20-/m1/s1. The molecule has 4 rings (SSSR count). The van der Waals surface area contributed by atoms with E-state index in [2.05, 4.69) is 10.6 Å². The number of carbonyl (C=O) groups is 3. The Morgan fingerprint density at radius 2 is 1.44 bits per heavy atom. The summed E-state index contributed by atoms with van der Waals surface area (Å²) >= 11 is 1.08. The molecule has 0 aliphatic carbocycles. The van der Waals surface area contributed by atoms with E-state index in [1.807, 2.05) is 6.07 Å². The van der Waals surface area contributed by atoms with E-state index in [9.17, 15) is 27.6 Å². The first kappa shape index (κ1) is 23.4. The molecule has 174 valence electrons. The Labute approximate surface area is 197 Å². The van der Waals surface area contributed by atoms with Gasteiger partial charge in [-0.2, -0.15) is 13.2 Å². The lowest BCUT2D eigenvalue weighted by molar-refractivity contribution is -0.137. The van der Waals surface area contributed by atoms with Crippen LogP contribution in [0.5, 0.6) is 0 Å². The third-order valence-electron chi connectivity index (χ3n) is 4.98. The van der Waals surface area contributed by atoms with Gasteiger partial charge in [-0.25, -0.2) is 9.69 Å². The Morgan fingerprint density at radius 1 is 0.853 bits per heavy atom. The highest BCUT2D eigenvalue weighted by Crippen LogP contribution is 2.40. The smallest absolute Gasteiger partial charge is 0.308 e. The van der Waals surface area contributed by atoms with E-state index in [0.717, 1.165) is 23.9 Å². The fourth-order valence-corrected chi connectivity index (χ4v) is 4.51. The third-order valence-corrected chi connectivity index (χ3v) is 6.17. The molecule has 0 radical (unpaired) electrons. The average molecular weight is 485 g/mol. The quantitative estimate of drug-likeness (QED) is 0.450. The molecule has 0 spiro atoms. The van der Waals surface area contributed by atoms with Crippen LogP contribution in [0.3, 0.4) is 0 Å². The predicted octanol–water partition coefficient (Wildman–Crippen LogP) is 5.77. The summed E-state index contributed by atoms with van der Waals surface area (Å²) in [5.41, 5.74) is -0.357. The van der Waals surface area contributed by atoms with E-state index in [1.165, 1.54) is 12.1 Å². The van der Waals surface area contributed by atoms with Crippen molar-refractivity contribution in [3.05, 3.63) is 84.4 Å². The minimum Gasteiger partial charge on any atom is -0.308 e. The first-order valence-corrected chi connectivity index (χ1v) is 11.0. The Kier molecular flexibility index (Phi) is 6.60. The average Bonchev–Trinajstić information content (AvgIpc) is 3.07. The van der Waals surface area contributed by atoms with Crippen molar-refractivity contribution in [1.82, 2.24) is 0 Å². The third kappa shape index (κ3) is 5.23. The fraction of sp³-hybridized carbons (Fsp3) is 0.125. The first-order valence-electron chi connectivity index (χ1n) is 10.1. The number of imide groups is 1. The molecule has 1 aliphatic rings. The molecular weight excluding hydrogens is 467 g/mol. The second-order valence-electron chi connectivity index (χ2n) is 7.36. The summed E-state index contributed by atoms with van der Waals surface area (Å²) in [6, 6.07) is 19.6. The van der Waals surface area contributed by atoms with Gasteiger partial charge in [0.2, 0.25) is 11.8 Å². The Hall–Kier alpha value is -3.79. The Bertz CT molecular complexity index is 1220. The van der Waals surface area contributed by atoms with Crippen LogP contribution >= 0.6 is 11.8 Å². The van der Waals surface area contributed by atoms with Crippen molar-refractivity contribution >= 4 is 46.7 Å². The maximum absolute atomic E-state index is 13.4. The number of urea groups is 1. The lowest BCUT2D eigenvalue weighted by atomic mass is 10.1. The molecule has 0 aromatic heterocycles. The number of nitrogens with zero attached hydrogens (tertiary/aromatic N) is 1. The van der Waals surface area contributed by atoms with Gasteiger partial charge >= 0.3 is 12.2 Å². The lowest BCUT2D eigenvalue weighted by Crippen LogP contribution is -2.33. The predicted molar refractivity (Wildman–Crippen MR) is 124 cm³/mol. The summed E-state index contributed by atoms with van der Waals surface area (Å²) in [6.07, 6.45) is -4.91. The van der Waals surface area contributed by atoms with Crippen LogP contribution in [-0.2, 0) is 15.8 Å². The van der Waals surface area contributed by atoms with Crippen molar-refractivity contribution in [3.63, 3.8) is 0 Å². The van der Waals surface area contributed by atoms with Crippen molar-refractivity contribution in [2.24, 2.45) is 0 Å². The van der Waals surface area contributed by atoms with Gasteiger partial charge in [0.05, 0.1) is 16.5 Å². The molecule has 1 heterocycles. The van der Waals surface area contributed by atoms with Gasteiger partial charge in [-0.1, -0.05) is 30.3 Å². The summed E-state index contributed by atoms with van der Waals surface area (Å²) in [7, 11) is 0. The number of rotatable bonds is 5. The van der Waals surface area contributed by atoms with Crippen molar-refractivity contribution in [2.75, 3.05) is 15.5 Å². The van der Waals surface area contributed by atoms with Crippen LogP contribution in [0.15, 0.2) is 83.8 Å². The minimum absolute atomic E-state index is 0.213. The molecule has 1 atom stereocenters. The number of thioether (sulfide) groups is 1. The SMILES string of the molecule is O=C(Nc1ccccc1)Nc1ccc(S[C@@H]2CC(=O)N(c3ccccc3C(F)(F)F)C2=O)cc1. The van der Waals surface area contributed by atoms with E-state index < -0.39 is 40.5 Å². The molecule has 34 heavy (non-hydrogen) atoms. The highest BCUT2D eigenvalue weighted by atomic mass is 32.2. The zero-order valence-electron chi connectivity index (χ0n) is 17.5. The van der Waals surface area contributed by atoms with Crippen LogP contribution in [0.2, 0.25) is 0 Å². The van der Waals surface area contributed by atoms with Crippen LogP contribution < -0.4 is 15.5 Å². The van der Waals surface area contributed by atoms with Crippen molar-refractivity contribution in [3.8, 4) is 0 Å². The van der Waals surface area contributed by atoms with Crippen LogP contribution in [0, 0.1) is 0 Å². The molecule has 6 nitrogen and oxygen atoms in total. The number of alkyl halides is 3. The van der Waals surface area contributed by atoms with E-state index >= 15 is 0 Å². The zero-order chi connectivity index (χ0) is 24.3. The normalized spacial score (nSPS) is 16.0. The van der Waals surface area contributed by atoms with Gasteiger partial charge < -0.3 is 10.6 Å². The highest BCUT2D eigenvalue weighted by molar-refractivity contribution is 8.00. The second-order valence-corrected chi connectivity index (χ2v) is 8.64. The first-order chi connectivity index (χ1) is 16.2. The summed E-state index contributed by atoms with van der Waals surface area (Å²) in [4.78, 5) is 38.6. The number of nitrogens with one attached hydrogen (secondary N) is 2. The number of hydrogen-bond donors (Lipinski definition) is 2. The van der Waals surface area contributed by atoms with Gasteiger partial charge in [-0.3, -0.25) is 9.59 Å². The fourth-order valence-electron chi connectivity index (χ4n) is 3.45. The van der Waals surface area contributed by atoms with Gasteiger partial charge in [-0.05, 0) is 48.5 Å². The van der Waals surface area contributed by atoms with E-state index in [1.54, 1.807) is 48.5 Å². The van der Waals surface area contributed by atoms with Gasteiger partial charge in [0.25, 0.3) is 0 Å². The summed E-state index contributed by atoms with van der Waals surface area (Å²) in [5.74, 6) is -1.38. The van der Waals surface area contributed by atoms with Gasteiger partial charge in [-0.15, -0.1) is 11.8 Å². The highest BCUT2D eigenvalue weighted by Gasteiger charge is 2.44. The molecule has 0 saturated carbocycles. The molecule has 3 aromatic rings. The molecule has 1 aliphatic heterocycles. The number of para-hydroxylation sites is 2. The number of halogens is 3. The van der Waals surface area contributed by atoms with Crippen LogP contribution in [0.25, 0.3) is 0 Å². The molecular formula is C24H18F3N3O3S. The van der Waals surface area contributed by atoms with Crippen molar-refractivity contribution < 1.29 is 27.6 Å². The number of amides is 4. The maximum Gasteiger partial charge on any atom is 0.418 e. The number of benzene rings is 3. The molecule has 0 bridgehead atoms. The molecule has 4 amide bonds. The number of anilines is 3. The zero-order valence-corrected chi connectivity index (χ0v) is 18.3. The topological polar surface area (TPSA) is 78.5 Å². The van der Waals surface area contributed by atoms with Crippen LogP contribution in [0.1, 0.15) is 12.0 Å². The Morgan fingerprint density at radius 3 is 2.09 bits per heavy atom. The summed E-state index contributed by atoms with van der Waals surface area (Å²) in [5, 5.41) is 4.51. The van der Waals surface area contributed by atoms with E-state index in [0.29, 0.717) is 21.2 Å². The summed E-state index contributed by atoms with van der Waals surface area (Å²) < 4.78 is 40.1. The van der Waals surface area contributed by atoms with Crippen LogP contribution in [-0.4, -0.2) is 23.1 Å². The van der Waals surface area contributed by atoms with Gasteiger partial charge in [0.1, 0.15) is 0 Å². The van der Waals surface area contributed by atoms with Crippen molar-refractivity contribution in [2.45, 2.75) is 22.7 Å². The lowest BCUT2D eigenvalue weighted by Gasteiger charge is -2.20. The molecule has 0 unspecified atom stereocenters. The monoisotopic (exact) mass is 485 g/mol. The van der Waals surface area contributed by atoms with Gasteiger partial charge in [0, 0.05) is 22.7 Å².